The Morgan fingerprint density at radius 3 is 2.95 bits per heavy atom. The molecule has 6 nitrogen and oxygen atoms in total. The molecule has 1 aliphatic rings. The molecule has 1 aromatic carbocycles. The monoisotopic (exact) mass is 298 g/mol. The molecule has 0 amide bonds. The van der Waals surface area contributed by atoms with Crippen LogP contribution in [0.3, 0.4) is 0 Å². The normalized spacial score (nSPS) is 19.8. The van der Waals surface area contributed by atoms with Crippen molar-refractivity contribution in [2.45, 2.75) is 30.7 Å². The number of aryl methyl sites for hydroxylation is 1. The van der Waals surface area contributed by atoms with Crippen LogP contribution < -0.4 is 0 Å². The van der Waals surface area contributed by atoms with Gasteiger partial charge in [0.15, 0.2) is 0 Å². The van der Waals surface area contributed by atoms with E-state index in [1.807, 2.05) is 0 Å². The van der Waals surface area contributed by atoms with Gasteiger partial charge in [-0.2, -0.15) is 4.31 Å². The van der Waals surface area contributed by atoms with Crippen molar-refractivity contribution in [3.8, 4) is 0 Å². The average Bonchev–Trinajstić information content (AvgIpc) is 2.84. The van der Waals surface area contributed by atoms with Gasteiger partial charge in [-0.25, -0.2) is 12.8 Å². The lowest BCUT2D eigenvalue weighted by atomic mass is 10.2. The van der Waals surface area contributed by atoms with Crippen LogP contribution in [0.2, 0.25) is 0 Å². The SMILES string of the molecule is Cc1cc(F)ccc1S(=O)(=O)N1CCCC1CN=[N+]=[N-]. The topological polar surface area (TPSA) is 86.1 Å². The van der Waals surface area contributed by atoms with E-state index in [1.165, 1.54) is 16.4 Å². The molecule has 1 aliphatic heterocycles. The summed E-state index contributed by atoms with van der Waals surface area (Å²) in [5, 5.41) is 3.46. The molecule has 0 spiro atoms. The van der Waals surface area contributed by atoms with Crippen LogP contribution in [0.15, 0.2) is 28.2 Å². The fourth-order valence-corrected chi connectivity index (χ4v) is 4.36. The molecule has 108 valence electrons. The molecular formula is C12H15FN4O2S. The Labute approximate surface area is 116 Å². The highest BCUT2D eigenvalue weighted by Crippen LogP contribution is 2.28. The summed E-state index contributed by atoms with van der Waals surface area (Å²) >= 11 is 0. The molecule has 1 atom stereocenters. The summed E-state index contributed by atoms with van der Waals surface area (Å²) in [7, 11) is -3.68. The fourth-order valence-electron chi connectivity index (χ4n) is 2.47. The van der Waals surface area contributed by atoms with Crippen LogP contribution in [0.4, 0.5) is 4.39 Å². The Kier molecular flexibility index (Phi) is 4.27. The average molecular weight is 298 g/mol. The summed E-state index contributed by atoms with van der Waals surface area (Å²) in [5.41, 5.74) is 8.73. The standard InChI is InChI=1S/C12H15FN4O2S/c1-9-7-10(13)4-5-12(9)20(18,19)17-6-2-3-11(17)8-15-16-14/h4-5,7,11H,2-3,6,8H2,1H3. The molecular weight excluding hydrogens is 283 g/mol. The molecule has 1 fully saturated rings. The van der Waals surface area contributed by atoms with Crippen LogP contribution in [0.5, 0.6) is 0 Å². The highest BCUT2D eigenvalue weighted by atomic mass is 32.2. The van der Waals surface area contributed by atoms with Crippen molar-refractivity contribution in [3.63, 3.8) is 0 Å². The van der Waals surface area contributed by atoms with E-state index in [-0.39, 0.29) is 17.5 Å². The second-order valence-corrected chi connectivity index (χ2v) is 6.59. The number of sulfonamides is 1. The number of azide groups is 1. The van der Waals surface area contributed by atoms with Crippen molar-refractivity contribution < 1.29 is 12.8 Å². The number of rotatable bonds is 4. The Bertz CT molecular complexity index is 655. The first-order chi connectivity index (χ1) is 9.46. The fraction of sp³-hybridized carbons (Fsp3) is 0.500. The minimum absolute atomic E-state index is 0.103. The van der Waals surface area contributed by atoms with Gasteiger partial charge in [0.25, 0.3) is 0 Å². The van der Waals surface area contributed by atoms with Crippen LogP contribution >= 0.6 is 0 Å². The van der Waals surface area contributed by atoms with Gasteiger partial charge >= 0.3 is 0 Å². The van der Waals surface area contributed by atoms with E-state index >= 15 is 0 Å². The smallest absolute Gasteiger partial charge is 0.207 e. The van der Waals surface area contributed by atoms with E-state index in [1.54, 1.807) is 6.92 Å². The Morgan fingerprint density at radius 2 is 2.30 bits per heavy atom. The molecule has 1 saturated heterocycles. The highest BCUT2D eigenvalue weighted by molar-refractivity contribution is 7.89. The zero-order chi connectivity index (χ0) is 14.8. The quantitative estimate of drug-likeness (QED) is 0.486. The van der Waals surface area contributed by atoms with Gasteiger partial charge < -0.3 is 0 Å². The van der Waals surface area contributed by atoms with E-state index in [9.17, 15) is 12.8 Å². The molecule has 0 aliphatic carbocycles. The van der Waals surface area contributed by atoms with Gasteiger partial charge in [0.2, 0.25) is 10.0 Å². The first-order valence-corrected chi connectivity index (χ1v) is 7.69. The Balaban J connectivity index is 2.36. The summed E-state index contributed by atoms with van der Waals surface area (Å²) in [6, 6.07) is 3.30. The molecule has 0 radical (unpaired) electrons. The Morgan fingerprint density at radius 1 is 1.55 bits per heavy atom. The molecule has 1 aromatic rings. The molecule has 2 rings (SSSR count). The van der Waals surface area contributed by atoms with Crippen molar-refractivity contribution >= 4 is 10.0 Å². The summed E-state index contributed by atoms with van der Waals surface area (Å²) in [6.07, 6.45) is 1.39. The molecule has 0 aromatic heterocycles. The molecule has 1 heterocycles. The third-order valence-electron chi connectivity index (χ3n) is 3.40. The number of halogens is 1. The molecule has 20 heavy (non-hydrogen) atoms. The number of hydrogen-bond acceptors (Lipinski definition) is 3. The lowest BCUT2D eigenvalue weighted by molar-refractivity contribution is 0.392. The lowest BCUT2D eigenvalue weighted by Crippen LogP contribution is -2.37. The second-order valence-electron chi connectivity index (χ2n) is 4.74. The minimum atomic E-state index is -3.68. The summed E-state index contributed by atoms with van der Waals surface area (Å²) in [6.45, 7) is 2.08. The van der Waals surface area contributed by atoms with Crippen LogP contribution in [0.1, 0.15) is 18.4 Å². The van der Waals surface area contributed by atoms with E-state index in [0.29, 0.717) is 18.5 Å². The van der Waals surface area contributed by atoms with Gasteiger partial charge in [0.1, 0.15) is 5.82 Å². The van der Waals surface area contributed by atoms with E-state index < -0.39 is 15.8 Å². The third-order valence-corrected chi connectivity index (χ3v) is 5.51. The summed E-state index contributed by atoms with van der Waals surface area (Å²) in [5.74, 6) is -0.464. The zero-order valence-corrected chi connectivity index (χ0v) is 11.8. The number of nitrogens with zero attached hydrogens (tertiary/aromatic N) is 4. The van der Waals surface area contributed by atoms with Gasteiger partial charge in [-0.15, -0.1) is 0 Å². The van der Waals surface area contributed by atoms with E-state index in [4.69, 9.17) is 5.53 Å². The van der Waals surface area contributed by atoms with E-state index in [2.05, 4.69) is 10.0 Å². The summed E-state index contributed by atoms with van der Waals surface area (Å²) < 4.78 is 39.7. The largest absolute Gasteiger partial charge is 0.243 e. The maximum Gasteiger partial charge on any atom is 0.243 e. The Hall–Kier alpha value is -1.63. The highest BCUT2D eigenvalue weighted by Gasteiger charge is 2.35. The van der Waals surface area contributed by atoms with Crippen LogP contribution in [0.25, 0.3) is 10.4 Å². The van der Waals surface area contributed by atoms with Gasteiger partial charge in [-0.05, 0) is 49.1 Å². The van der Waals surface area contributed by atoms with Crippen molar-refractivity contribution in [2.75, 3.05) is 13.1 Å². The van der Waals surface area contributed by atoms with Crippen molar-refractivity contribution in [1.82, 2.24) is 4.31 Å². The van der Waals surface area contributed by atoms with Crippen molar-refractivity contribution in [3.05, 3.63) is 40.0 Å². The van der Waals surface area contributed by atoms with Gasteiger partial charge in [0.05, 0.1) is 4.90 Å². The first kappa shape index (κ1) is 14.8. The van der Waals surface area contributed by atoms with Gasteiger partial charge in [0, 0.05) is 24.0 Å². The van der Waals surface area contributed by atoms with E-state index in [0.717, 1.165) is 12.5 Å². The second kappa shape index (κ2) is 5.78. The predicted octanol–water partition coefficient (Wildman–Crippen LogP) is 2.60. The maximum atomic E-state index is 13.1. The molecule has 0 N–H and O–H groups in total. The third kappa shape index (κ3) is 2.77. The zero-order valence-electron chi connectivity index (χ0n) is 11.0. The predicted molar refractivity (Wildman–Crippen MR) is 72.1 cm³/mol. The number of benzene rings is 1. The summed E-state index contributed by atoms with van der Waals surface area (Å²) in [4.78, 5) is 2.77. The van der Waals surface area contributed by atoms with Crippen LogP contribution in [0, 0.1) is 12.7 Å². The molecule has 1 unspecified atom stereocenters. The van der Waals surface area contributed by atoms with Gasteiger partial charge in [-0.1, -0.05) is 5.11 Å². The minimum Gasteiger partial charge on any atom is -0.207 e. The molecule has 8 heteroatoms. The van der Waals surface area contributed by atoms with Crippen molar-refractivity contribution in [1.29, 1.82) is 0 Å². The maximum absolute atomic E-state index is 13.1. The van der Waals surface area contributed by atoms with Crippen LogP contribution in [-0.2, 0) is 10.0 Å². The van der Waals surface area contributed by atoms with Crippen LogP contribution in [-0.4, -0.2) is 31.9 Å². The first-order valence-electron chi connectivity index (χ1n) is 6.25. The van der Waals surface area contributed by atoms with Gasteiger partial charge in [-0.3, -0.25) is 0 Å². The van der Waals surface area contributed by atoms with Crippen molar-refractivity contribution in [2.24, 2.45) is 5.11 Å². The number of hydrogen-bond donors (Lipinski definition) is 0. The molecule has 0 bridgehead atoms. The molecule has 0 saturated carbocycles. The lowest BCUT2D eigenvalue weighted by Gasteiger charge is -2.23.